The van der Waals surface area contributed by atoms with Gasteiger partial charge in [-0.1, -0.05) is 18.2 Å². The Hall–Kier alpha value is -4.13. The number of amides is 2. The van der Waals surface area contributed by atoms with E-state index in [0.29, 0.717) is 17.7 Å². The van der Waals surface area contributed by atoms with Gasteiger partial charge in [0.15, 0.2) is 5.76 Å². The second-order valence-electron chi connectivity index (χ2n) is 9.04. The monoisotopic (exact) mass is 515 g/mol. The SMILES string of the molecule is CCOC1=CC(c2ccc(NC(=O)Nc3ccc(CC(C)(C)C#N)c(C(F)(F)F)c3)c(F)c2)=CCC1=O. The first-order valence-electron chi connectivity index (χ1n) is 11.4. The van der Waals surface area contributed by atoms with Crippen molar-refractivity contribution in [2.24, 2.45) is 5.41 Å². The molecule has 0 heterocycles. The molecule has 0 fully saturated rings. The number of anilines is 2. The van der Waals surface area contributed by atoms with Gasteiger partial charge in [-0.3, -0.25) is 4.79 Å². The fraction of sp³-hybridized carbons (Fsp3) is 0.296. The van der Waals surface area contributed by atoms with Crippen molar-refractivity contribution in [1.82, 2.24) is 0 Å². The van der Waals surface area contributed by atoms with Crippen molar-refractivity contribution in [3.05, 3.63) is 76.8 Å². The Morgan fingerprint density at radius 1 is 1.14 bits per heavy atom. The van der Waals surface area contributed by atoms with E-state index in [9.17, 15) is 27.2 Å². The quantitative estimate of drug-likeness (QED) is 0.394. The van der Waals surface area contributed by atoms with Gasteiger partial charge in [0.1, 0.15) is 5.82 Å². The molecule has 0 aromatic heterocycles. The second-order valence-corrected chi connectivity index (χ2v) is 9.04. The van der Waals surface area contributed by atoms with Gasteiger partial charge < -0.3 is 15.4 Å². The van der Waals surface area contributed by atoms with Crippen LogP contribution < -0.4 is 10.6 Å². The maximum Gasteiger partial charge on any atom is 0.416 e. The Kier molecular flexibility index (Phi) is 8.06. The largest absolute Gasteiger partial charge is 0.490 e. The predicted octanol–water partition coefficient (Wildman–Crippen LogP) is 6.86. The topological polar surface area (TPSA) is 91.2 Å². The lowest BCUT2D eigenvalue weighted by Crippen LogP contribution is -2.21. The van der Waals surface area contributed by atoms with Crippen molar-refractivity contribution in [3.63, 3.8) is 0 Å². The molecule has 2 N–H and O–H groups in total. The molecule has 0 radical (unpaired) electrons. The van der Waals surface area contributed by atoms with Crippen LogP contribution in [0.15, 0.2) is 54.3 Å². The highest BCUT2D eigenvalue weighted by atomic mass is 19.4. The number of nitriles is 1. The Labute approximate surface area is 211 Å². The first kappa shape index (κ1) is 27.5. The number of urea groups is 1. The Morgan fingerprint density at radius 2 is 1.86 bits per heavy atom. The van der Waals surface area contributed by atoms with E-state index in [2.05, 4.69) is 10.6 Å². The van der Waals surface area contributed by atoms with Crippen LogP contribution in [0.25, 0.3) is 5.57 Å². The molecule has 0 spiro atoms. The molecule has 37 heavy (non-hydrogen) atoms. The predicted molar refractivity (Wildman–Crippen MR) is 131 cm³/mol. The van der Waals surface area contributed by atoms with Gasteiger partial charge in [0.25, 0.3) is 0 Å². The summed E-state index contributed by atoms with van der Waals surface area (Å²) in [5.74, 6) is -0.777. The van der Waals surface area contributed by atoms with Crippen molar-refractivity contribution in [3.8, 4) is 6.07 Å². The number of ketones is 1. The molecule has 0 bridgehead atoms. The minimum Gasteiger partial charge on any atom is -0.490 e. The van der Waals surface area contributed by atoms with E-state index in [4.69, 9.17) is 10.00 Å². The third-order valence-electron chi connectivity index (χ3n) is 5.53. The number of hydrogen-bond donors (Lipinski definition) is 2. The molecule has 0 atom stereocenters. The number of Topliss-reactive ketones (excluding diaryl/α,β-unsaturated/α-hetero) is 1. The third-order valence-corrected chi connectivity index (χ3v) is 5.53. The number of allylic oxidation sites excluding steroid dienone is 4. The summed E-state index contributed by atoms with van der Waals surface area (Å²) in [5, 5.41) is 13.7. The van der Waals surface area contributed by atoms with Gasteiger partial charge in [0.2, 0.25) is 5.78 Å². The molecule has 0 aliphatic heterocycles. The van der Waals surface area contributed by atoms with Crippen LogP contribution in [0.2, 0.25) is 0 Å². The summed E-state index contributed by atoms with van der Waals surface area (Å²) in [7, 11) is 0. The van der Waals surface area contributed by atoms with Crippen molar-refractivity contribution in [1.29, 1.82) is 5.26 Å². The number of carbonyl (C=O) groups is 2. The van der Waals surface area contributed by atoms with Crippen molar-refractivity contribution in [2.45, 2.75) is 39.8 Å². The number of rotatable bonds is 7. The fourth-order valence-electron chi connectivity index (χ4n) is 3.73. The van der Waals surface area contributed by atoms with Gasteiger partial charge in [0, 0.05) is 12.1 Å². The molecule has 0 unspecified atom stereocenters. The van der Waals surface area contributed by atoms with E-state index in [0.717, 1.165) is 6.07 Å². The van der Waals surface area contributed by atoms with E-state index in [1.165, 1.54) is 50.3 Å². The smallest absolute Gasteiger partial charge is 0.416 e. The standard InChI is InChI=1S/C27H25F4N3O3/c1-4-37-24-12-17(7-10-23(24)35)16-6-9-22(21(28)11-16)34-25(36)33-19-8-5-18(14-26(2,3)15-32)20(13-19)27(29,30)31/h5-9,11-13H,4,10,14H2,1-3H3,(H2,33,34,36). The lowest BCUT2D eigenvalue weighted by molar-refractivity contribution is -0.138. The lowest BCUT2D eigenvalue weighted by Gasteiger charge is -2.20. The van der Waals surface area contributed by atoms with Gasteiger partial charge in [-0.15, -0.1) is 0 Å². The summed E-state index contributed by atoms with van der Waals surface area (Å²) in [6, 6.07) is 8.32. The summed E-state index contributed by atoms with van der Waals surface area (Å²) >= 11 is 0. The molecular weight excluding hydrogens is 490 g/mol. The van der Waals surface area contributed by atoms with E-state index >= 15 is 0 Å². The summed E-state index contributed by atoms with van der Waals surface area (Å²) in [6.45, 7) is 5.11. The third kappa shape index (κ3) is 6.97. The maximum atomic E-state index is 14.7. The molecule has 2 aromatic carbocycles. The van der Waals surface area contributed by atoms with Crippen molar-refractivity contribution < 1.29 is 31.9 Å². The minimum atomic E-state index is -4.70. The number of halogens is 4. The van der Waals surface area contributed by atoms with Gasteiger partial charge >= 0.3 is 12.2 Å². The molecule has 1 aliphatic rings. The van der Waals surface area contributed by atoms with Crippen LogP contribution in [0.5, 0.6) is 0 Å². The highest BCUT2D eigenvalue weighted by Gasteiger charge is 2.35. The molecule has 0 saturated carbocycles. The molecule has 0 saturated heterocycles. The summed E-state index contributed by atoms with van der Waals surface area (Å²) in [6.07, 6.45) is -1.57. The van der Waals surface area contributed by atoms with Gasteiger partial charge in [-0.2, -0.15) is 18.4 Å². The van der Waals surface area contributed by atoms with Crippen molar-refractivity contribution >= 4 is 28.8 Å². The number of benzene rings is 2. The van der Waals surface area contributed by atoms with Crippen LogP contribution in [0, 0.1) is 22.6 Å². The zero-order chi connectivity index (χ0) is 27.4. The minimum absolute atomic E-state index is 0.0769. The van der Waals surface area contributed by atoms with Gasteiger partial charge in [0.05, 0.1) is 29.3 Å². The average molecular weight is 516 g/mol. The first-order chi connectivity index (χ1) is 17.3. The Morgan fingerprint density at radius 3 is 2.49 bits per heavy atom. The highest BCUT2D eigenvalue weighted by molar-refractivity contribution is 6.02. The number of ether oxygens (including phenoxy) is 1. The van der Waals surface area contributed by atoms with E-state index < -0.39 is 29.0 Å². The maximum absolute atomic E-state index is 14.7. The molecule has 1 aliphatic carbocycles. The van der Waals surface area contributed by atoms with Crippen LogP contribution >= 0.6 is 0 Å². The molecule has 2 aromatic rings. The van der Waals surface area contributed by atoms with Crippen LogP contribution in [0.1, 0.15) is 43.9 Å². The molecule has 6 nitrogen and oxygen atoms in total. The second kappa shape index (κ2) is 10.9. The number of carbonyl (C=O) groups excluding carboxylic acids is 2. The molecule has 2 amide bonds. The summed E-state index contributed by atoms with van der Waals surface area (Å²) in [5.41, 5.74) is -1.36. The van der Waals surface area contributed by atoms with Crippen LogP contribution in [0.3, 0.4) is 0 Å². The van der Waals surface area contributed by atoms with Crippen LogP contribution in [-0.2, 0) is 22.1 Å². The van der Waals surface area contributed by atoms with Gasteiger partial charge in [-0.25, -0.2) is 9.18 Å². The molecular formula is C27H25F4N3O3. The number of nitrogens with one attached hydrogen (secondary N) is 2. The van der Waals surface area contributed by atoms with Crippen molar-refractivity contribution in [2.75, 3.05) is 17.2 Å². The fourth-order valence-corrected chi connectivity index (χ4v) is 3.73. The Balaban J connectivity index is 1.75. The molecule has 10 heteroatoms. The van der Waals surface area contributed by atoms with E-state index in [-0.39, 0.29) is 41.3 Å². The lowest BCUT2D eigenvalue weighted by atomic mass is 9.85. The Bertz CT molecular complexity index is 1320. The zero-order valence-electron chi connectivity index (χ0n) is 20.4. The van der Waals surface area contributed by atoms with Gasteiger partial charge in [-0.05, 0) is 74.2 Å². The van der Waals surface area contributed by atoms with E-state index in [1.54, 1.807) is 13.0 Å². The zero-order valence-corrected chi connectivity index (χ0v) is 20.4. The summed E-state index contributed by atoms with van der Waals surface area (Å²) < 4.78 is 60.9. The molecule has 194 valence electrons. The van der Waals surface area contributed by atoms with Crippen LogP contribution in [0.4, 0.5) is 33.7 Å². The average Bonchev–Trinajstić information content (AvgIpc) is 2.82. The number of alkyl halides is 3. The first-order valence-corrected chi connectivity index (χ1v) is 11.4. The van der Waals surface area contributed by atoms with E-state index in [1.807, 2.05) is 6.07 Å². The van der Waals surface area contributed by atoms with Crippen LogP contribution in [-0.4, -0.2) is 18.4 Å². The summed E-state index contributed by atoms with van der Waals surface area (Å²) in [4.78, 5) is 24.3. The highest BCUT2D eigenvalue weighted by Crippen LogP contribution is 2.36. The molecule has 3 rings (SSSR count). The number of hydrogen-bond acceptors (Lipinski definition) is 4. The number of nitrogens with zero attached hydrogens (tertiary/aromatic N) is 1. The normalized spacial score (nSPS) is 13.8.